The van der Waals surface area contributed by atoms with E-state index in [2.05, 4.69) is 32.3 Å². The highest BCUT2D eigenvalue weighted by atomic mass is 16.5. The lowest BCUT2D eigenvalue weighted by atomic mass is 10.0. The zero-order chi connectivity index (χ0) is 16.1. The molecule has 6 nitrogen and oxygen atoms in total. The zero-order valence-electron chi connectivity index (χ0n) is 13.7. The molecule has 0 aliphatic carbocycles. The van der Waals surface area contributed by atoms with Crippen LogP contribution < -0.4 is 15.0 Å². The molecule has 6 heteroatoms. The molecule has 0 saturated carbocycles. The highest BCUT2D eigenvalue weighted by Crippen LogP contribution is 2.25. The number of ether oxygens (including phenoxy) is 1. The van der Waals surface area contributed by atoms with Gasteiger partial charge in [0.2, 0.25) is 5.95 Å². The Labute approximate surface area is 136 Å². The van der Waals surface area contributed by atoms with E-state index in [1.165, 1.54) is 19.3 Å². The van der Waals surface area contributed by atoms with Gasteiger partial charge in [-0.15, -0.1) is 5.10 Å². The molecule has 1 atom stereocenters. The van der Waals surface area contributed by atoms with Gasteiger partial charge in [-0.3, -0.25) is 0 Å². The zero-order valence-corrected chi connectivity index (χ0v) is 13.7. The van der Waals surface area contributed by atoms with Gasteiger partial charge < -0.3 is 15.0 Å². The summed E-state index contributed by atoms with van der Waals surface area (Å²) in [5, 5.41) is 11.4. The first-order valence-electron chi connectivity index (χ1n) is 8.17. The average molecular weight is 313 g/mol. The third kappa shape index (κ3) is 3.70. The van der Waals surface area contributed by atoms with Crippen molar-refractivity contribution in [1.82, 2.24) is 15.2 Å². The molecular formula is C17H23N5O. The Hall–Kier alpha value is -2.37. The largest absolute Gasteiger partial charge is 0.497 e. The molecule has 1 fully saturated rings. The van der Waals surface area contributed by atoms with E-state index >= 15 is 0 Å². The van der Waals surface area contributed by atoms with Crippen LogP contribution in [0.5, 0.6) is 5.75 Å². The average Bonchev–Trinajstić information content (AvgIpc) is 2.62. The molecule has 1 aliphatic heterocycles. The van der Waals surface area contributed by atoms with E-state index in [4.69, 9.17) is 4.74 Å². The summed E-state index contributed by atoms with van der Waals surface area (Å²) in [7, 11) is 1.65. The summed E-state index contributed by atoms with van der Waals surface area (Å²) in [4.78, 5) is 7.00. The van der Waals surface area contributed by atoms with Crippen LogP contribution in [0.3, 0.4) is 0 Å². The van der Waals surface area contributed by atoms with E-state index in [-0.39, 0.29) is 0 Å². The van der Waals surface area contributed by atoms with Crippen LogP contribution in [0.4, 0.5) is 17.5 Å². The fraction of sp³-hybridized carbons (Fsp3) is 0.471. The predicted octanol–water partition coefficient (Wildman–Crippen LogP) is 3.39. The number of hydrogen-bond acceptors (Lipinski definition) is 6. The first-order valence-corrected chi connectivity index (χ1v) is 8.17. The van der Waals surface area contributed by atoms with E-state index in [9.17, 15) is 0 Å². The molecule has 1 unspecified atom stereocenters. The van der Waals surface area contributed by atoms with Crippen LogP contribution in [0, 0.1) is 0 Å². The summed E-state index contributed by atoms with van der Waals surface area (Å²) in [6.07, 6.45) is 6.61. The van der Waals surface area contributed by atoms with Crippen LogP contribution in [-0.4, -0.2) is 34.9 Å². The molecule has 2 heterocycles. The van der Waals surface area contributed by atoms with Crippen molar-refractivity contribution in [1.29, 1.82) is 0 Å². The number of benzene rings is 1. The Morgan fingerprint density at radius 3 is 3.09 bits per heavy atom. The van der Waals surface area contributed by atoms with Gasteiger partial charge in [0.25, 0.3) is 0 Å². The molecule has 2 aromatic rings. The van der Waals surface area contributed by atoms with Gasteiger partial charge in [-0.1, -0.05) is 13.0 Å². The lowest BCUT2D eigenvalue weighted by Gasteiger charge is -2.35. The molecule has 122 valence electrons. The van der Waals surface area contributed by atoms with Crippen molar-refractivity contribution in [3.63, 3.8) is 0 Å². The van der Waals surface area contributed by atoms with Crippen molar-refractivity contribution in [2.24, 2.45) is 0 Å². The Bertz CT molecular complexity index is 648. The molecule has 1 aromatic heterocycles. The van der Waals surface area contributed by atoms with Gasteiger partial charge in [-0.2, -0.15) is 10.1 Å². The lowest BCUT2D eigenvalue weighted by molar-refractivity contribution is 0.415. The fourth-order valence-corrected chi connectivity index (χ4v) is 3.04. The molecule has 1 N–H and O–H groups in total. The van der Waals surface area contributed by atoms with Gasteiger partial charge in [0.15, 0.2) is 5.82 Å². The minimum atomic E-state index is 0.510. The number of anilines is 3. The monoisotopic (exact) mass is 313 g/mol. The van der Waals surface area contributed by atoms with Gasteiger partial charge in [-0.05, 0) is 37.8 Å². The van der Waals surface area contributed by atoms with Crippen LogP contribution >= 0.6 is 0 Å². The van der Waals surface area contributed by atoms with E-state index in [0.29, 0.717) is 12.0 Å². The quantitative estimate of drug-likeness (QED) is 0.913. The van der Waals surface area contributed by atoms with Crippen LogP contribution in [-0.2, 0) is 0 Å². The second-order valence-electron chi connectivity index (χ2n) is 5.75. The summed E-state index contributed by atoms with van der Waals surface area (Å²) in [6.45, 7) is 3.27. The third-order valence-corrected chi connectivity index (χ3v) is 4.26. The summed E-state index contributed by atoms with van der Waals surface area (Å²) in [5.74, 6) is 2.20. The van der Waals surface area contributed by atoms with Crippen molar-refractivity contribution in [2.45, 2.75) is 38.6 Å². The van der Waals surface area contributed by atoms with Crippen LogP contribution in [0.2, 0.25) is 0 Å². The van der Waals surface area contributed by atoms with Gasteiger partial charge in [0, 0.05) is 24.3 Å². The molecule has 1 aromatic carbocycles. The number of nitrogens with one attached hydrogen (secondary N) is 1. The summed E-state index contributed by atoms with van der Waals surface area (Å²) in [5.41, 5.74) is 0.883. The molecule has 1 aliphatic rings. The van der Waals surface area contributed by atoms with Crippen LogP contribution in [0.1, 0.15) is 32.6 Å². The van der Waals surface area contributed by atoms with Gasteiger partial charge in [0.05, 0.1) is 13.3 Å². The highest BCUT2D eigenvalue weighted by molar-refractivity contribution is 5.56. The SMILES string of the molecule is CCC1CCCCN1c1cnnc(Nc2cccc(OC)c2)n1. The Kier molecular flexibility index (Phi) is 4.90. The lowest BCUT2D eigenvalue weighted by Crippen LogP contribution is -2.39. The number of hydrogen-bond donors (Lipinski definition) is 1. The number of piperidine rings is 1. The van der Waals surface area contributed by atoms with E-state index in [0.717, 1.165) is 30.2 Å². The van der Waals surface area contributed by atoms with Crippen molar-refractivity contribution in [3.05, 3.63) is 30.5 Å². The number of nitrogens with zero attached hydrogens (tertiary/aromatic N) is 4. The maximum Gasteiger partial charge on any atom is 0.249 e. The molecule has 3 rings (SSSR count). The Balaban J connectivity index is 1.79. The van der Waals surface area contributed by atoms with E-state index in [1.807, 2.05) is 24.3 Å². The second kappa shape index (κ2) is 7.26. The van der Waals surface area contributed by atoms with Crippen molar-refractivity contribution < 1.29 is 4.74 Å². The number of methoxy groups -OCH3 is 1. The molecule has 0 bridgehead atoms. The number of aromatic nitrogens is 3. The fourth-order valence-electron chi connectivity index (χ4n) is 3.04. The normalized spacial score (nSPS) is 17.8. The van der Waals surface area contributed by atoms with Crippen LogP contribution in [0.15, 0.2) is 30.5 Å². The topological polar surface area (TPSA) is 63.2 Å². The maximum absolute atomic E-state index is 5.24. The molecule has 0 spiro atoms. The molecule has 0 radical (unpaired) electrons. The minimum Gasteiger partial charge on any atom is -0.497 e. The molecule has 1 saturated heterocycles. The highest BCUT2D eigenvalue weighted by Gasteiger charge is 2.22. The van der Waals surface area contributed by atoms with Crippen molar-refractivity contribution in [2.75, 3.05) is 23.9 Å². The first kappa shape index (κ1) is 15.5. The first-order chi connectivity index (χ1) is 11.3. The van der Waals surface area contributed by atoms with Gasteiger partial charge in [-0.25, -0.2) is 0 Å². The van der Waals surface area contributed by atoms with Gasteiger partial charge in [0.1, 0.15) is 5.75 Å². The van der Waals surface area contributed by atoms with Crippen LogP contribution in [0.25, 0.3) is 0 Å². The Morgan fingerprint density at radius 2 is 2.26 bits per heavy atom. The summed E-state index contributed by atoms with van der Waals surface area (Å²) >= 11 is 0. The Morgan fingerprint density at radius 1 is 1.35 bits per heavy atom. The molecular weight excluding hydrogens is 290 g/mol. The summed E-state index contributed by atoms with van der Waals surface area (Å²) < 4.78 is 5.24. The van der Waals surface area contributed by atoms with Crippen molar-refractivity contribution >= 4 is 17.5 Å². The smallest absolute Gasteiger partial charge is 0.249 e. The summed E-state index contributed by atoms with van der Waals surface area (Å²) in [6, 6.07) is 8.24. The second-order valence-corrected chi connectivity index (χ2v) is 5.75. The van der Waals surface area contributed by atoms with Gasteiger partial charge >= 0.3 is 0 Å². The maximum atomic E-state index is 5.24. The predicted molar refractivity (Wildman–Crippen MR) is 91.4 cm³/mol. The van der Waals surface area contributed by atoms with E-state index < -0.39 is 0 Å². The molecule has 0 amide bonds. The van der Waals surface area contributed by atoms with E-state index in [1.54, 1.807) is 13.3 Å². The minimum absolute atomic E-state index is 0.510. The van der Waals surface area contributed by atoms with Crippen molar-refractivity contribution in [3.8, 4) is 5.75 Å². The number of rotatable bonds is 5. The third-order valence-electron chi connectivity index (χ3n) is 4.26. The standard InChI is InChI=1S/C17H23N5O/c1-3-14-8-4-5-10-22(14)16-12-18-21-17(20-16)19-13-7-6-9-15(11-13)23-2/h6-7,9,11-12,14H,3-5,8,10H2,1-2H3,(H,19,20,21). The molecule has 23 heavy (non-hydrogen) atoms.